The second-order valence-corrected chi connectivity index (χ2v) is 6.29. The fraction of sp³-hybridized carbons (Fsp3) is 0.625. The molecule has 0 bridgehead atoms. The molecule has 5 heteroatoms. The first-order valence-electron chi connectivity index (χ1n) is 7.54. The highest BCUT2D eigenvalue weighted by Gasteiger charge is 2.20. The fourth-order valence-corrected chi connectivity index (χ4v) is 3.29. The van der Waals surface area contributed by atoms with Crippen LogP contribution in [-0.2, 0) is 22.6 Å². The minimum Gasteiger partial charge on any atom is -0.467 e. The minimum atomic E-state index is 0.317. The zero-order valence-corrected chi connectivity index (χ0v) is 13.2. The van der Waals surface area contributed by atoms with E-state index in [0.717, 1.165) is 48.0 Å². The molecule has 1 aromatic rings. The van der Waals surface area contributed by atoms with Gasteiger partial charge in [-0.25, -0.2) is 0 Å². The number of rotatable bonds is 4. The Morgan fingerprint density at radius 2 is 2.24 bits per heavy atom. The summed E-state index contributed by atoms with van der Waals surface area (Å²) in [6, 6.07) is 3.91. The van der Waals surface area contributed by atoms with E-state index >= 15 is 0 Å². The van der Waals surface area contributed by atoms with Crippen LogP contribution in [0.15, 0.2) is 12.1 Å². The molecule has 3 rings (SSSR count). The molecule has 1 atom stereocenters. The summed E-state index contributed by atoms with van der Waals surface area (Å²) < 4.78 is 16.8. The van der Waals surface area contributed by atoms with E-state index < -0.39 is 0 Å². The van der Waals surface area contributed by atoms with Crippen LogP contribution in [0.3, 0.4) is 0 Å². The lowest BCUT2D eigenvalue weighted by molar-refractivity contribution is -0.0185. The standard InChI is InChI=1S/C16H22ClNO3/c1-18(9-15-4-2-3-5-20-15)8-12-6-14(17)7-13-10-19-11-21-16(12)13/h6-7,15H,2-5,8-11H2,1H3. The fourth-order valence-electron chi connectivity index (χ4n) is 3.03. The van der Waals surface area contributed by atoms with E-state index in [-0.39, 0.29) is 0 Å². The Morgan fingerprint density at radius 3 is 3.05 bits per heavy atom. The van der Waals surface area contributed by atoms with Crippen LogP contribution >= 0.6 is 11.6 Å². The van der Waals surface area contributed by atoms with E-state index in [1.54, 1.807) is 0 Å². The summed E-state index contributed by atoms with van der Waals surface area (Å²) in [5.41, 5.74) is 2.16. The number of halogens is 1. The molecular formula is C16H22ClNO3. The van der Waals surface area contributed by atoms with Crippen LogP contribution in [0.4, 0.5) is 0 Å². The molecule has 21 heavy (non-hydrogen) atoms. The van der Waals surface area contributed by atoms with Crippen molar-refractivity contribution in [2.24, 2.45) is 0 Å². The third kappa shape index (κ3) is 3.89. The van der Waals surface area contributed by atoms with Crippen molar-refractivity contribution in [3.05, 3.63) is 28.3 Å². The maximum atomic E-state index is 6.20. The number of likely N-dealkylation sites (N-methyl/N-ethyl adjacent to an activating group) is 1. The molecule has 116 valence electrons. The van der Waals surface area contributed by atoms with Gasteiger partial charge in [-0.05, 0) is 38.4 Å². The third-order valence-corrected chi connectivity index (χ3v) is 4.20. The van der Waals surface area contributed by atoms with Crippen LogP contribution in [0.25, 0.3) is 0 Å². The molecule has 4 nitrogen and oxygen atoms in total. The molecule has 0 aromatic heterocycles. The number of hydrogen-bond donors (Lipinski definition) is 0. The molecule has 0 saturated carbocycles. The first-order chi connectivity index (χ1) is 10.2. The summed E-state index contributed by atoms with van der Waals surface area (Å²) >= 11 is 6.20. The molecule has 0 radical (unpaired) electrons. The van der Waals surface area contributed by atoms with Crippen molar-refractivity contribution in [2.75, 3.05) is 27.0 Å². The summed E-state index contributed by atoms with van der Waals surface area (Å²) in [5.74, 6) is 0.932. The highest BCUT2D eigenvalue weighted by atomic mass is 35.5. The number of fused-ring (bicyclic) bond motifs is 1. The van der Waals surface area contributed by atoms with Crippen LogP contribution in [0.5, 0.6) is 5.75 Å². The molecule has 1 aromatic carbocycles. The van der Waals surface area contributed by atoms with Gasteiger partial charge in [-0.2, -0.15) is 0 Å². The average Bonchev–Trinajstić information content (AvgIpc) is 2.48. The van der Waals surface area contributed by atoms with Crippen molar-refractivity contribution in [2.45, 2.75) is 38.5 Å². The Kier molecular flexibility index (Phi) is 5.01. The van der Waals surface area contributed by atoms with Crippen LogP contribution in [0, 0.1) is 0 Å². The SMILES string of the molecule is CN(Cc1cc(Cl)cc2c1OCOC2)CC1CCCCO1. The lowest BCUT2D eigenvalue weighted by Gasteiger charge is -2.28. The lowest BCUT2D eigenvalue weighted by atomic mass is 10.1. The van der Waals surface area contributed by atoms with Gasteiger partial charge in [-0.15, -0.1) is 0 Å². The van der Waals surface area contributed by atoms with E-state index in [4.69, 9.17) is 25.8 Å². The summed E-state index contributed by atoms with van der Waals surface area (Å²) in [4.78, 5) is 2.28. The Labute approximate surface area is 130 Å². The van der Waals surface area contributed by atoms with Gasteiger partial charge in [0.2, 0.25) is 0 Å². The van der Waals surface area contributed by atoms with E-state index in [1.807, 2.05) is 12.1 Å². The van der Waals surface area contributed by atoms with E-state index in [1.165, 1.54) is 12.8 Å². The maximum Gasteiger partial charge on any atom is 0.189 e. The summed E-state index contributed by atoms with van der Waals surface area (Å²) in [6.45, 7) is 3.53. The Bertz CT molecular complexity index is 489. The molecular weight excluding hydrogens is 290 g/mol. The van der Waals surface area contributed by atoms with Crippen molar-refractivity contribution in [1.29, 1.82) is 0 Å². The normalized spacial score (nSPS) is 22.0. The topological polar surface area (TPSA) is 30.9 Å². The molecule has 0 aliphatic carbocycles. The van der Waals surface area contributed by atoms with Gasteiger partial charge in [0.25, 0.3) is 0 Å². The summed E-state index contributed by atoms with van der Waals surface area (Å²) in [7, 11) is 2.12. The molecule has 0 N–H and O–H groups in total. The van der Waals surface area contributed by atoms with E-state index in [2.05, 4.69) is 11.9 Å². The molecule has 1 unspecified atom stereocenters. The van der Waals surface area contributed by atoms with Crippen molar-refractivity contribution in [3.8, 4) is 5.75 Å². The first-order valence-corrected chi connectivity index (χ1v) is 7.92. The molecule has 2 heterocycles. The smallest absolute Gasteiger partial charge is 0.189 e. The average molecular weight is 312 g/mol. The summed E-state index contributed by atoms with van der Waals surface area (Å²) in [5, 5.41) is 0.736. The predicted molar refractivity (Wildman–Crippen MR) is 81.7 cm³/mol. The molecule has 0 spiro atoms. The summed E-state index contributed by atoms with van der Waals surface area (Å²) in [6.07, 6.45) is 3.96. The van der Waals surface area contributed by atoms with Crippen molar-refractivity contribution in [1.82, 2.24) is 4.90 Å². The van der Waals surface area contributed by atoms with Crippen LogP contribution in [0.1, 0.15) is 30.4 Å². The van der Waals surface area contributed by atoms with Gasteiger partial charge in [0.05, 0.1) is 12.7 Å². The monoisotopic (exact) mass is 311 g/mol. The van der Waals surface area contributed by atoms with E-state index in [0.29, 0.717) is 19.5 Å². The quantitative estimate of drug-likeness (QED) is 0.854. The number of benzene rings is 1. The zero-order valence-electron chi connectivity index (χ0n) is 12.4. The number of ether oxygens (including phenoxy) is 3. The van der Waals surface area contributed by atoms with Crippen molar-refractivity contribution in [3.63, 3.8) is 0 Å². The Balaban J connectivity index is 1.67. The second-order valence-electron chi connectivity index (χ2n) is 5.85. The number of nitrogens with zero attached hydrogens (tertiary/aromatic N) is 1. The van der Waals surface area contributed by atoms with Crippen LogP contribution in [-0.4, -0.2) is 38.0 Å². The largest absolute Gasteiger partial charge is 0.467 e. The van der Waals surface area contributed by atoms with E-state index in [9.17, 15) is 0 Å². The minimum absolute atomic E-state index is 0.317. The van der Waals surface area contributed by atoms with Gasteiger partial charge in [-0.1, -0.05) is 11.6 Å². The third-order valence-electron chi connectivity index (χ3n) is 3.98. The molecule has 1 fully saturated rings. The van der Waals surface area contributed by atoms with Gasteiger partial charge in [0.1, 0.15) is 5.75 Å². The zero-order chi connectivity index (χ0) is 14.7. The lowest BCUT2D eigenvalue weighted by Crippen LogP contribution is -2.33. The maximum absolute atomic E-state index is 6.20. The van der Waals surface area contributed by atoms with Gasteiger partial charge in [-0.3, -0.25) is 4.90 Å². The highest BCUT2D eigenvalue weighted by molar-refractivity contribution is 6.30. The second kappa shape index (κ2) is 6.97. The van der Waals surface area contributed by atoms with Crippen LogP contribution in [0.2, 0.25) is 5.02 Å². The Hall–Kier alpha value is -0.810. The molecule has 0 amide bonds. The van der Waals surface area contributed by atoms with Gasteiger partial charge >= 0.3 is 0 Å². The predicted octanol–water partition coefficient (Wildman–Crippen LogP) is 3.21. The van der Waals surface area contributed by atoms with Crippen molar-refractivity contribution < 1.29 is 14.2 Å². The van der Waals surface area contributed by atoms with Gasteiger partial charge in [0, 0.05) is 35.8 Å². The molecule has 1 saturated heterocycles. The van der Waals surface area contributed by atoms with Crippen molar-refractivity contribution >= 4 is 11.6 Å². The highest BCUT2D eigenvalue weighted by Crippen LogP contribution is 2.32. The molecule has 2 aliphatic rings. The van der Waals surface area contributed by atoms with Gasteiger partial charge in [0.15, 0.2) is 6.79 Å². The van der Waals surface area contributed by atoms with Crippen LogP contribution < -0.4 is 4.74 Å². The first kappa shape index (κ1) is 15.1. The number of hydrogen-bond acceptors (Lipinski definition) is 4. The van der Waals surface area contributed by atoms with Gasteiger partial charge < -0.3 is 14.2 Å². The Morgan fingerprint density at radius 1 is 1.33 bits per heavy atom. The molecule has 2 aliphatic heterocycles.